The molecule has 5 heteroatoms. The lowest BCUT2D eigenvalue weighted by Gasteiger charge is -2.33. The van der Waals surface area contributed by atoms with Crippen molar-refractivity contribution < 1.29 is 9.59 Å². The highest BCUT2D eigenvalue weighted by molar-refractivity contribution is 5.94. The van der Waals surface area contributed by atoms with E-state index in [-0.39, 0.29) is 24.4 Å². The molecule has 2 atom stereocenters. The minimum absolute atomic E-state index is 0.0230. The van der Waals surface area contributed by atoms with Crippen molar-refractivity contribution in [2.45, 2.75) is 45.7 Å². The fourth-order valence-corrected chi connectivity index (χ4v) is 3.00. The van der Waals surface area contributed by atoms with Crippen LogP contribution < -0.4 is 5.32 Å². The van der Waals surface area contributed by atoms with Crippen molar-refractivity contribution in [3.63, 3.8) is 0 Å². The molecule has 2 rings (SSSR count). The van der Waals surface area contributed by atoms with Crippen molar-refractivity contribution in [3.8, 4) is 0 Å². The Hall–Kier alpha value is -1.10. The first-order valence-electron chi connectivity index (χ1n) is 7.33. The van der Waals surface area contributed by atoms with Gasteiger partial charge in [-0.15, -0.1) is 0 Å². The highest BCUT2D eigenvalue weighted by atomic mass is 16.2. The van der Waals surface area contributed by atoms with Crippen LogP contribution >= 0.6 is 0 Å². The van der Waals surface area contributed by atoms with Crippen molar-refractivity contribution in [2.24, 2.45) is 5.92 Å². The highest BCUT2D eigenvalue weighted by Gasteiger charge is 2.34. The Morgan fingerprint density at radius 2 is 2.11 bits per heavy atom. The van der Waals surface area contributed by atoms with E-state index in [4.69, 9.17) is 0 Å². The van der Waals surface area contributed by atoms with Crippen LogP contribution in [-0.4, -0.2) is 59.9 Å². The van der Waals surface area contributed by atoms with Gasteiger partial charge in [-0.05, 0) is 39.2 Å². The van der Waals surface area contributed by atoms with Crippen LogP contribution in [0, 0.1) is 5.92 Å². The molecule has 0 aromatic rings. The minimum Gasteiger partial charge on any atom is -0.343 e. The van der Waals surface area contributed by atoms with E-state index in [1.807, 2.05) is 6.92 Å². The first-order chi connectivity index (χ1) is 9.01. The summed E-state index contributed by atoms with van der Waals surface area (Å²) in [6.07, 6.45) is 1.80. The van der Waals surface area contributed by atoms with Crippen LogP contribution in [0.1, 0.15) is 33.6 Å². The van der Waals surface area contributed by atoms with Gasteiger partial charge in [0.15, 0.2) is 0 Å². The zero-order valence-corrected chi connectivity index (χ0v) is 12.2. The number of carbonyl (C=O) groups is 2. The molecule has 19 heavy (non-hydrogen) atoms. The largest absolute Gasteiger partial charge is 0.343 e. The average molecular weight is 267 g/mol. The monoisotopic (exact) mass is 267 g/mol. The van der Waals surface area contributed by atoms with Crippen LogP contribution in [-0.2, 0) is 9.59 Å². The number of hydrogen-bond donors (Lipinski definition) is 1. The van der Waals surface area contributed by atoms with E-state index in [0.717, 1.165) is 26.1 Å². The molecule has 108 valence electrons. The van der Waals surface area contributed by atoms with Crippen molar-refractivity contribution in [1.29, 1.82) is 0 Å². The van der Waals surface area contributed by atoms with Gasteiger partial charge in [0.1, 0.15) is 6.04 Å². The summed E-state index contributed by atoms with van der Waals surface area (Å²) in [5.41, 5.74) is 0. The molecule has 0 bridgehead atoms. The van der Waals surface area contributed by atoms with Gasteiger partial charge in [-0.3, -0.25) is 9.59 Å². The first kappa shape index (κ1) is 14.3. The average Bonchev–Trinajstić information content (AvgIpc) is 2.82. The van der Waals surface area contributed by atoms with Crippen LogP contribution in [0.25, 0.3) is 0 Å². The molecule has 2 amide bonds. The van der Waals surface area contributed by atoms with Gasteiger partial charge in [-0.1, -0.05) is 6.92 Å². The lowest BCUT2D eigenvalue weighted by atomic mass is 10.1. The van der Waals surface area contributed by atoms with Crippen LogP contribution in [0.2, 0.25) is 0 Å². The molecule has 0 aromatic carbocycles. The molecule has 2 aliphatic rings. The summed E-state index contributed by atoms with van der Waals surface area (Å²) in [5, 5.41) is 2.76. The van der Waals surface area contributed by atoms with E-state index in [0.29, 0.717) is 18.4 Å². The Balaban J connectivity index is 1.91. The Morgan fingerprint density at radius 3 is 2.68 bits per heavy atom. The van der Waals surface area contributed by atoms with Crippen LogP contribution in [0.4, 0.5) is 0 Å². The molecule has 0 radical (unpaired) electrons. The zero-order valence-electron chi connectivity index (χ0n) is 12.2. The molecule has 2 aliphatic heterocycles. The van der Waals surface area contributed by atoms with E-state index in [1.165, 1.54) is 0 Å². The summed E-state index contributed by atoms with van der Waals surface area (Å²) >= 11 is 0. The van der Waals surface area contributed by atoms with Gasteiger partial charge >= 0.3 is 0 Å². The number of carbonyl (C=O) groups excluding carboxylic acids is 2. The molecule has 5 nitrogen and oxygen atoms in total. The van der Waals surface area contributed by atoms with Gasteiger partial charge in [-0.25, -0.2) is 0 Å². The van der Waals surface area contributed by atoms with Crippen molar-refractivity contribution in [3.05, 3.63) is 0 Å². The molecule has 0 spiro atoms. The van der Waals surface area contributed by atoms with Crippen LogP contribution in [0.5, 0.6) is 0 Å². The Bertz CT molecular complexity index is 357. The van der Waals surface area contributed by atoms with Gasteiger partial charge in [0, 0.05) is 19.1 Å². The lowest BCUT2D eigenvalue weighted by Crippen LogP contribution is -2.58. The molecule has 2 saturated heterocycles. The van der Waals surface area contributed by atoms with E-state index in [1.54, 1.807) is 4.90 Å². The number of likely N-dealkylation sites (tertiary alicyclic amines) is 1. The third-order valence-electron chi connectivity index (χ3n) is 4.21. The van der Waals surface area contributed by atoms with Gasteiger partial charge in [0.05, 0.1) is 6.54 Å². The third kappa shape index (κ3) is 3.26. The lowest BCUT2D eigenvalue weighted by molar-refractivity contribution is -0.144. The summed E-state index contributed by atoms with van der Waals surface area (Å²) in [4.78, 5) is 28.0. The summed E-state index contributed by atoms with van der Waals surface area (Å²) in [6.45, 7) is 9.44. The number of nitrogens with zero attached hydrogens (tertiary/aromatic N) is 2. The fraction of sp³-hybridized carbons (Fsp3) is 0.857. The second kappa shape index (κ2) is 5.90. The standard InChI is InChI=1S/C14H25N3O2/c1-4-12-14(19)17(9-13(18)15-12)8-11-5-6-16(7-11)10(2)3/h10-12H,4-9H2,1-3H3,(H,15,18). The van der Waals surface area contributed by atoms with Crippen molar-refractivity contribution >= 4 is 11.8 Å². The maximum absolute atomic E-state index is 12.2. The fourth-order valence-electron chi connectivity index (χ4n) is 3.00. The van der Waals surface area contributed by atoms with E-state index >= 15 is 0 Å². The van der Waals surface area contributed by atoms with Gasteiger partial charge in [0.25, 0.3) is 0 Å². The molecule has 0 saturated carbocycles. The maximum Gasteiger partial charge on any atom is 0.245 e. The molecule has 0 aromatic heterocycles. The zero-order chi connectivity index (χ0) is 14.0. The smallest absolute Gasteiger partial charge is 0.245 e. The molecule has 2 unspecified atom stereocenters. The molecular formula is C14H25N3O2. The molecular weight excluding hydrogens is 242 g/mol. The first-order valence-corrected chi connectivity index (χ1v) is 7.33. The Labute approximate surface area is 115 Å². The predicted octanol–water partition coefficient (Wildman–Crippen LogP) is 0.454. The quantitative estimate of drug-likeness (QED) is 0.805. The van der Waals surface area contributed by atoms with Gasteiger partial charge in [-0.2, -0.15) is 0 Å². The van der Waals surface area contributed by atoms with E-state index in [9.17, 15) is 9.59 Å². The van der Waals surface area contributed by atoms with Crippen LogP contribution in [0.15, 0.2) is 0 Å². The molecule has 2 heterocycles. The molecule has 0 aliphatic carbocycles. The number of amides is 2. The third-order valence-corrected chi connectivity index (χ3v) is 4.21. The Morgan fingerprint density at radius 1 is 1.37 bits per heavy atom. The van der Waals surface area contributed by atoms with Crippen molar-refractivity contribution in [1.82, 2.24) is 15.1 Å². The van der Waals surface area contributed by atoms with E-state index < -0.39 is 0 Å². The molecule has 2 fully saturated rings. The Kier molecular flexibility index (Phi) is 4.45. The number of hydrogen-bond acceptors (Lipinski definition) is 3. The SMILES string of the molecule is CCC1NC(=O)CN(CC2CCN(C(C)C)C2)C1=O. The maximum atomic E-state index is 12.2. The van der Waals surface area contributed by atoms with E-state index in [2.05, 4.69) is 24.1 Å². The summed E-state index contributed by atoms with van der Waals surface area (Å²) in [7, 11) is 0. The second-order valence-electron chi connectivity index (χ2n) is 5.99. The van der Waals surface area contributed by atoms with Gasteiger partial charge in [0.2, 0.25) is 11.8 Å². The number of piperazine rings is 1. The highest BCUT2D eigenvalue weighted by Crippen LogP contribution is 2.20. The summed E-state index contributed by atoms with van der Waals surface area (Å²) in [5.74, 6) is 0.574. The topological polar surface area (TPSA) is 52.7 Å². The minimum atomic E-state index is -0.316. The molecule has 1 N–H and O–H groups in total. The number of rotatable bonds is 4. The predicted molar refractivity (Wildman–Crippen MR) is 73.6 cm³/mol. The normalized spacial score (nSPS) is 29.2. The summed E-state index contributed by atoms with van der Waals surface area (Å²) in [6, 6.07) is 0.248. The summed E-state index contributed by atoms with van der Waals surface area (Å²) < 4.78 is 0. The van der Waals surface area contributed by atoms with Crippen LogP contribution in [0.3, 0.4) is 0 Å². The number of nitrogens with one attached hydrogen (secondary N) is 1. The van der Waals surface area contributed by atoms with Crippen molar-refractivity contribution in [2.75, 3.05) is 26.2 Å². The van der Waals surface area contributed by atoms with Gasteiger partial charge < -0.3 is 15.1 Å². The second-order valence-corrected chi connectivity index (χ2v) is 5.99.